The van der Waals surface area contributed by atoms with Crippen LogP contribution in [0.15, 0.2) is 46.8 Å². The molecule has 4 aliphatic rings. The molecule has 0 heterocycles. The summed E-state index contributed by atoms with van der Waals surface area (Å²) in [6.45, 7) is 0. The van der Waals surface area contributed by atoms with E-state index in [9.17, 15) is 0 Å². The average Bonchev–Trinajstić information content (AvgIpc) is 3.09. The third-order valence-corrected chi connectivity index (χ3v) is 12.8. The van der Waals surface area contributed by atoms with E-state index in [2.05, 4.69) is 24.3 Å². The van der Waals surface area contributed by atoms with E-state index in [4.69, 9.17) is 4.74 Å². The number of hydrogen-bond donors (Lipinski definition) is 0. The van der Waals surface area contributed by atoms with Crippen molar-refractivity contribution in [3.05, 3.63) is 46.8 Å². The van der Waals surface area contributed by atoms with Crippen LogP contribution in [0, 0.1) is 0 Å². The first-order valence-electron chi connectivity index (χ1n) is 23.4. The van der Waals surface area contributed by atoms with Gasteiger partial charge in [-0.2, -0.15) is 0 Å². The molecule has 1 heteroatoms. The average molecular weight is 689 g/mol. The van der Waals surface area contributed by atoms with Crippen molar-refractivity contribution in [2.75, 3.05) is 0 Å². The minimum Gasteiger partial charge on any atom is -0.479 e. The molecule has 0 saturated heterocycles. The molecule has 286 valence electrons. The largest absolute Gasteiger partial charge is 0.479 e. The Kier molecular flexibility index (Phi) is 22.7. The van der Waals surface area contributed by atoms with Crippen LogP contribution in [0.3, 0.4) is 0 Å². The van der Waals surface area contributed by atoms with Gasteiger partial charge in [0.25, 0.3) is 0 Å². The molecule has 0 unspecified atom stereocenters. The van der Waals surface area contributed by atoms with Gasteiger partial charge in [-0.15, -0.1) is 0 Å². The first-order chi connectivity index (χ1) is 24.9. The summed E-state index contributed by atoms with van der Waals surface area (Å²) < 4.78 is 8.13. The van der Waals surface area contributed by atoms with Crippen LogP contribution in [0.5, 0.6) is 0 Å². The zero-order valence-electron chi connectivity index (χ0n) is 33.5. The van der Waals surface area contributed by atoms with Gasteiger partial charge in [-0.25, -0.2) is 0 Å². The lowest BCUT2D eigenvalue weighted by atomic mass is 9.72. The molecule has 0 radical (unpaired) electrons. The SMILES string of the molecule is C1=C(OC(C2=CCCCCCCCCCC2)(C2=CCCCCCCCCCC2)C2=CCCCCCCCCCC2)CCCCCCCCCC1. The molecule has 50 heavy (non-hydrogen) atoms. The van der Waals surface area contributed by atoms with Crippen LogP contribution >= 0.6 is 0 Å². The summed E-state index contributed by atoms with van der Waals surface area (Å²) in [7, 11) is 0. The molecule has 0 aromatic carbocycles. The molecule has 0 saturated carbocycles. The highest BCUT2D eigenvalue weighted by Crippen LogP contribution is 2.47. The lowest BCUT2D eigenvalue weighted by Gasteiger charge is -2.43. The van der Waals surface area contributed by atoms with Gasteiger partial charge in [-0.05, 0) is 119 Å². The van der Waals surface area contributed by atoms with Crippen LogP contribution in [0.2, 0.25) is 0 Å². The second-order valence-electron chi connectivity index (χ2n) is 17.1. The molecule has 0 N–H and O–H groups in total. The predicted molar refractivity (Wildman–Crippen MR) is 221 cm³/mol. The van der Waals surface area contributed by atoms with Gasteiger partial charge < -0.3 is 4.74 Å². The zero-order valence-corrected chi connectivity index (χ0v) is 33.5. The second kappa shape index (κ2) is 27.4. The minimum absolute atomic E-state index is 0.360. The fourth-order valence-corrected chi connectivity index (χ4v) is 9.63. The first-order valence-corrected chi connectivity index (χ1v) is 23.4. The monoisotopic (exact) mass is 689 g/mol. The van der Waals surface area contributed by atoms with Gasteiger partial charge in [0.2, 0.25) is 0 Å². The molecular formula is C49H84O. The van der Waals surface area contributed by atoms with Crippen LogP contribution < -0.4 is 0 Å². The summed E-state index contributed by atoms with van der Waals surface area (Å²) in [5.41, 5.74) is 4.69. The van der Waals surface area contributed by atoms with Crippen LogP contribution in [-0.2, 0) is 4.74 Å². The molecule has 0 fully saturated rings. The van der Waals surface area contributed by atoms with Gasteiger partial charge in [0, 0.05) is 6.42 Å². The Labute approximate surface area is 313 Å². The van der Waals surface area contributed by atoms with Gasteiger partial charge in [0.05, 0.1) is 5.76 Å². The summed E-state index contributed by atoms with van der Waals surface area (Å²) in [6.07, 6.45) is 65.2. The molecule has 0 spiro atoms. The maximum atomic E-state index is 8.13. The smallest absolute Gasteiger partial charge is 0.172 e. The Bertz CT molecular complexity index is 884. The standard InChI is InChI=1S/C49H84O/c1-5-13-21-29-37-45(38-30-22-14-6-1)49(46-39-31-23-15-7-2-8-16-24-32-40-46,47-41-33-25-17-9-3-10-18-26-34-42-47)50-48-43-35-27-19-11-4-12-20-28-36-44-48/h37,39,41,43H,1-36,38,40,42,44H2. The van der Waals surface area contributed by atoms with E-state index in [1.165, 1.54) is 256 Å². The van der Waals surface area contributed by atoms with E-state index >= 15 is 0 Å². The third-order valence-electron chi connectivity index (χ3n) is 12.8. The molecule has 0 atom stereocenters. The van der Waals surface area contributed by atoms with E-state index in [-0.39, 0.29) is 5.60 Å². The van der Waals surface area contributed by atoms with Crippen molar-refractivity contribution < 1.29 is 4.74 Å². The van der Waals surface area contributed by atoms with E-state index in [0.717, 1.165) is 6.42 Å². The van der Waals surface area contributed by atoms with Gasteiger partial charge >= 0.3 is 0 Å². The number of hydrogen-bond acceptors (Lipinski definition) is 1. The number of rotatable bonds is 5. The van der Waals surface area contributed by atoms with Crippen molar-refractivity contribution in [1.82, 2.24) is 0 Å². The highest BCUT2D eigenvalue weighted by atomic mass is 16.5. The summed E-state index contributed by atoms with van der Waals surface area (Å²) in [6, 6.07) is 0. The van der Waals surface area contributed by atoms with Crippen molar-refractivity contribution in [2.24, 2.45) is 0 Å². The molecule has 0 aromatic heterocycles. The lowest BCUT2D eigenvalue weighted by Crippen LogP contribution is -2.40. The summed E-state index contributed by atoms with van der Waals surface area (Å²) in [5, 5.41) is 0. The topological polar surface area (TPSA) is 9.23 Å². The molecule has 0 amide bonds. The Hall–Kier alpha value is -1.24. The first kappa shape index (κ1) is 41.5. The molecule has 0 aromatic rings. The van der Waals surface area contributed by atoms with Gasteiger partial charge in [-0.1, -0.05) is 172 Å². The Morgan fingerprint density at radius 3 is 0.820 bits per heavy atom. The normalized spacial score (nSPS) is 25.4. The lowest BCUT2D eigenvalue weighted by molar-refractivity contribution is 0.0785. The summed E-state index contributed by atoms with van der Waals surface area (Å²) in [5.74, 6) is 1.36. The Morgan fingerprint density at radius 1 is 0.260 bits per heavy atom. The van der Waals surface area contributed by atoms with E-state index in [0.29, 0.717) is 0 Å². The minimum atomic E-state index is -0.360. The molecule has 1 nitrogen and oxygen atoms in total. The Balaban J connectivity index is 1.86. The molecule has 4 aliphatic carbocycles. The van der Waals surface area contributed by atoms with Crippen LogP contribution in [0.25, 0.3) is 0 Å². The van der Waals surface area contributed by atoms with Crippen molar-refractivity contribution in [3.63, 3.8) is 0 Å². The van der Waals surface area contributed by atoms with Crippen molar-refractivity contribution in [3.8, 4) is 0 Å². The number of allylic oxidation sites excluding steroid dienone is 5. The summed E-state index contributed by atoms with van der Waals surface area (Å²) >= 11 is 0. The Morgan fingerprint density at radius 2 is 0.500 bits per heavy atom. The van der Waals surface area contributed by atoms with E-state index < -0.39 is 0 Å². The molecule has 0 aliphatic heterocycles. The van der Waals surface area contributed by atoms with Crippen LogP contribution in [0.4, 0.5) is 0 Å². The van der Waals surface area contributed by atoms with E-state index in [1.807, 2.05) is 0 Å². The van der Waals surface area contributed by atoms with Gasteiger partial charge in [-0.3, -0.25) is 0 Å². The zero-order chi connectivity index (χ0) is 34.6. The third kappa shape index (κ3) is 16.2. The quantitative estimate of drug-likeness (QED) is 0.261. The van der Waals surface area contributed by atoms with Crippen molar-refractivity contribution >= 4 is 0 Å². The van der Waals surface area contributed by atoms with Gasteiger partial charge in [0.1, 0.15) is 0 Å². The van der Waals surface area contributed by atoms with Crippen LogP contribution in [0.1, 0.15) is 257 Å². The number of ether oxygens (including phenoxy) is 1. The second-order valence-corrected chi connectivity index (χ2v) is 17.1. The van der Waals surface area contributed by atoms with Crippen LogP contribution in [-0.4, -0.2) is 5.60 Å². The maximum Gasteiger partial charge on any atom is 0.172 e. The fourth-order valence-electron chi connectivity index (χ4n) is 9.63. The molecule has 0 bridgehead atoms. The highest BCUT2D eigenvalue weighted by Gasteiger charge is 2.43. The van der Waals surface area contributed by atoms with Crippen molar-refractivity contribution in [1.29, 1.82) is 0 Å². The maximum absolute atomic E-state index is 8.13. The van der Waals surface area contributed by atoms with Gasteiger partial charge in [0.15, 0.2) is 5.60 Å². The van der Waals surface area contributed by atoms with E-state index in [1.54, 1.807) is 16.7 Å². The predicted octanol–water partition coefficient (Wildman–Crippen LogP) is 17.1. The highest BCUT2D eigenvalue weighted by molar-refractivity contribution is 5.47. The summed E-state index contributed by atoms with van der Waals surface area (Å²) in [4.78, 5) is 0. The fraction of sp³-hybridized carbons (Fsp3) is 0.837. The molecule has 4 rings (SSSR count). The molecular weight excluding hydrogens is 605 g/mol. The van der Waals surface area contributed by atoms with Crippen molar-refractivity contribution in [2.45, 2.75) is 262 Å².